The monoisotopic (exact) mass is 388 g/mol. The third-order valence-corrected chi connectivity index (χ3v) is 4.72. The van der Waals surface area contributed by atoms with E-state index in [-0.39, 0.29) is 18.4 Å². The molecule has 0 unspecified atom stereocenters. The van der Waals surface area contributed by atoms with Gasteiger partial charge in [-0.2, -0.15) is 0 Å². The molecule has 0 spiro atoms. The van der Waals surface area contributed by atoms with Crippen molar-refractivity contribution in [3.8, 4) is 0 Å². The Morgan fingerprint density at radius 2 is 1.64 bits per heavy atom. The quantitative estimate of drug-likeness (QED) is 0.667. The molecule has 5 amide bonds. The SMILES string of the molecule is CCCC1(CCC)NC(=O)N(CC(=O)Nc2ccc(C(=O)N(C)C)cc2)C1=O. The standard InChI is InChI=1S/C20H28N4O4/c1-5-11-20(12-6-2)18(27)24(19(28)22-20)13-16(25)21-15-9-7-14(8-10-15)17(26)23(3)4/h7-10H,5-6,11-13H2,1-4H3,(H,21,25)(H,22,28). The summed E-state index contributed by atoms with van der Waals surface area (Å²) in [4.78, 5) is 51.8. The Balaban J connectivity index is 2.03. The van der Waals surface area contributed by atoms with E-state index in [4.69, 9.17) is 0 Å². The number of amides is 5. The van der Waals surface area contributed by atoms with Crippen LogP contribution in [0.4, 0.5) is 10.5 Å². The summed E-state index contributed by atoms with van der Waals surface area (Å²) in [6, 6.07) is 5.91. The zero-order chi connectivity index (χ0) is 20.9. The van der Waals surface area contributed by atoms with Crippen molar-refractivity contribution >= 4 is 29.4 Å². The van der Waals surface area contributed by atoms with Crippen molar-refractivity contribution < 1.29 is 19.2 Å². The van der Waals surface area contributed by atoms with Crippen LogP contribution in [0.25, 0.3) is 0 Å². The molecule has 8 nitrogen and oxygen atoms in total. The molecule has 1 heterocycles. The van der Waals surface area contributed by atoms with Gasteiger partial charge in [0.2, 0.25) is 5.91 Å². The highest BCUT2D eigenvalue weighted by molar-refractivity contribution is 6.10. The molecule has 8 heteroatoms. The van der Waals surface area contributed by atoms with Crippen LogP contribution in [0.15, 0.2) is 24.3 Å². The first-order chi connectivity index (χ1) is 13.2. The van der Waals surface area contributed by atoms with E-state index in [1.807, 2.05) is 13.8 Å². The number of hydrogen-bond donors (Lipinski definition) is 2. The lowest BCUT2D eigenvalue weighted by Gasteiger charge is -2.25. The Morgan fingerprint density at radius 3 is 2.14 bits per heavy atom. The molecule has 152 valence electrons. The molecule has 0 radical (unpaired) electrons. The second-order valence-corrected chi connectivity index (χ2v) is 7.23. The van der Waals surface area contributed by atoms with Gasteiger partial charge in [-0.3, -0.25) is 19.3 Å². The topological polar surface area (TPSA) is 98.8 Å². The lowest BCUT2D eigenvalue weighted by Crippen LogP contribution is -2.47. The van der Waals surface area contributed by atoms with Gasteiger partial charge in [0.15, 0.2) is 0 Å². The summed E-state index contributed by atoms with van der Waals surface area (Å²) in [5.41, 5.74) is 0.0800. The first-order valence-electron chi connectivity index (χ1n) is 9.49. The molecule has 1 fully saturated rings. The molecule has 2 rings (SSSR count). The second-order valence-electron chi connectivity index (χ2n) is 7.23. The van der Waals surface area contributed by atoms with E-state index < -0.39 is 17.5 Å². The van der Waals surface area contributed by atoms with E-state index in [9.17, 15) is 19.2 Å². The maximum Gasteiger partial charge on any atom is 0.325 e. The molecule has 0 aliphatic carbocycles. The van der Waals surface area contributed by atoms with Gasteiger partial charge in [0, 0.05) is 25.3 Å². The minimum Gasteiger partial charge on any atom is -0.345 e. The van der Waals surface area contributed by atoms with Crippen LogP contribution in [-0.2, 0) is 9.59 Å². The molecule has 1 aliphatic heterocycles. The summed E-state index contributed by atoms with van der Waals surface area (Å²) < 4.78 is 0. The van der Waals surface area contributed by atoms with Crippen LogP contribution in [0, 0.1) is 0 Å². The molecule has 0 bridgehead atoms. The molecule has 0 saturated carbocycles. The van der Waals surface area contributed by atoms with Crippen LogP contribution in [0.3, 0.4) is 0 Å². The van der Waals surface area contributed by atoms with Gasteiger partial charge in [-0.15, -0.1) is 0 Å². The maximum absolute atomic E-state index is 12.8. The lowest BCUT2D eigenvalue weighted by atomic mass is 9.88. The Bertz CT molecular complexity index is 752. The van der Waals surface area contributed by atoms with E-state index >= 15 is 0 Å². The average Bonchev–Trinajstić information content (AvgIpc) is 2.86. The Kier molecular flexibility index (Phi) is 6.77. The predicted molar refractivity (Wildman–Crippen MR) is 106 cm³/mol. The number of nitrogens with zero attached hydrogens (tertiary/aromatic N) is 2. The summed E-state index contributed by atoms with van der Waals surface area (Å²) in [5, 5.41) is 5.44. The van der Waals surface area contributed by atoms with E-state index in [0.717, 1.165) is 17.7 Å². The first kappa shape index (κ1) is 21.4. The summed E-state index contributed by atoms with van der Waals surface area (Å²) in [6.45, 7) is 3.56. The zero-order valence-electron chi connectivity index (χ0n) is 16.9. The van der Waals surface area contributed by atoms with Crippen LogP contribution in [0.5, 0.6) is 0 Å². The number of nitrogens with one attached hydrogen (secondary N) is 2. The van der Waals surface area contributed by atoms with E-state index in [1.54, 1.807) is 38.4 Å². The van der Waals surface area contributed by atoms with Gasteiger partial charge in [-0.25, -0.2) is 4.79 Å². The number of urea groups is 1. The van der Waals surface area contributed by atoms with Crippen molar-refractivity contribution in [2.45, 2.75) is 45.1 Å². The van der Waals surface area contributed by atoms with Gasteiger partial charge in [-0.1, -0.05) is 26.7 Å². The van der Waals surface area contributed by atoms with Crippen LogP contribution in [0.1, 0.15) is 49.9 Å². The fraction of sp³-hybridized carbons (Fsp3) is 0.500. The highest BCUT2D eigenvalue weighted by Gasteiger charge is 2.50. The maximum atomic E-state index is 12.8. The Hall–Kier alpha value is -2.90. The first-order valence-corrected chi connectivity index (χ1v) is 9.49. The Morgan fingerprint density at radius 1 is 1.07 bits per heavy atom. The zero-order valence-corrected chi connectivity index (χ0v) is 16.9. The van der Waals surface area contributed by atoms with Crippen molar-refractivity contribution in [1.82, 2.24) is 15.1 Å². The molecule has 1 saturated heterocycles. The molecule has 0 atom stereocenters. The number of anilines is 1. The second kappa shape index (κ2) is 8.86. The highest BCUT2D eigenvalue weighted by atomic mass is 16.2. The van der Waals surface area contributed by atoms with Gasteiger partial charge in [0.05, 0.1) is 0 Å². The van der Waals surface area contributed by atoms with Crippen molar-refractivity contribution in [1.29, 1.82) is 0 Å². The van der Waals surface area contributed by atoms with E-state index in [0.29, 0.717) is 24.1 Å². The van der Waals surface area contributed by atoms with Gasteiger partial charge < -0.3 is 15.5 Å². The van der Waals surface area contributed by atoms with Crippen LogP contribution < -0.4 is 10.6 Å². The van der Waals surface area contributed by atoms with Gasteiger partial charge in [0.25, 0.3) is 11.8 Å². The van der Waals surface area contributed by atoms with E-state index in [1.165, 1.54) is 4.90 Å². The Labute approximate surface area is 165 Å². The predicted octanol–water partition coefficient (Wildman–Crippen LogP) is 2.22. The molecular formula is C20H28N4O4. The highest BCUT2D eigenvalue weighted by Crippen LogP contribution is 2.28. The molecule has 2 N–H and O–H groups in total. The lowest BCUT2D eigenvalue weighted by molar-refractivity contribution is -0.134. The fourth-order valence-corrected chi connectivity index (χ4v) is 3.44. The van der Waals surface area contributed by atoms with Crippen molar-refractivity contribution in [2.24, 2.45) is 0 Å². The largest absolute Gasteiger partial charge is 0.345 e. The summed E-state index contributed by atoms with van der Waals surface area (Å²) >= 11 is 0. The minimum absolute atomic E-state index is 0.139. The molecular weight excluding hydrogens is 360 g/mol. The average molecular weight is 388 g/mol. The smallest absolute Gasteiger partial charge is 0.325 e. The number of carbonyl (C=O) groups is 4. The van der Waals surface area contributed by atoms with Crippen molar-refractivity contribution in [3.05, 3.63) is 29.8 Å². The molecule has 0 aromatic heterocycles. The third-order valence-electron chi connectivity index (χ3n) is 4.72. The summed E-state index contributed by atoms with van der Waals surface area (Å²) in [5.74, 6) is -0.956. The van der Waals surface area contributed by atoms with Gasteiger partial charge in [-0.05, 0) is 37.1 Å². The molecule has 28 heavy (non-hydrogen) atoms. The number of rotatable bonds is 8. The summed E-state index contributed by atoms with van der Waals surface area (Å²) in [7, 11) is 3.32. The van der Waals surface area contributed by atoms with E-state index in [2.05, 4.69) is 10.6 Å². The minimum atomic E-state index is -0.908. The third kappa shape index (κ3) is 4.49. The van der Waals surface area contributed by atoms with Crippen molar-refractivity contribution in [2.75, 3.05) is 26.0 Å². The number of carbonyl (C=O) groups excluding carboxylic acids is 4. The fourth-order valence-electron chi connectivity index (χ4n) is 3.44. The number of benzene rings is 1. The normalized spacial score (nSPS) is 15.4. The number of imide groups is 1. The molecule has 1 aromatic carbocycles. The van der Waals surface area contributed by atoms with Crippen molar-refractivity contribution in [3.63, 3.8) is 0 Å². The summed E-state index contributed by atoms with van der Waals surface area (Å²) in [6.07, 6.45) is 2.60. The molecule has 1 aromatic rings. The number of hydrogen-bond acceptors (Lipinski definition) is 4. The molecule has 1 aliphatic rings. The van der Waals surface area contributed by atoms with Gasteiger partial charge in [0.1, 0.15) is 12.1 Å². The van der Waals surface area contributed by atoms with Crippen LogP contribution in [-0.4, -0.2) is 59.7 Å². The van der Waals surface area contributed by atoms with Gasteiger partial charge >= 0.3 is 6.03 Å². The van der Waals surface area contributed by atoms with Crippen LogP contribution in [0.2, 0.25) is 0 Å². The van der Waals surface area contributed by atoms with Crippen LogP contribution >= 0.6 is 0 Å².